The quantitative estimate of drug-likeness (QED) is 0.804. The molecule has 8 heteroatoms. The summed E-state index contributed by atoms with van der Waals surface area (Å²) < 4.78 is 48.3. The van der Waals surface area contributed by atoms with Crippen LogP contribution in [0, 0.1) is 0 Å². The van der Waals surface area contributed by atoms with E-state index in [1.165, 1.54) is 30.0 Å². The van der Waals surface area contributed by atoms with Crippen LogP contribution in [-0.4, -0.2) is 43.4 Å². The van der Waals surface area contributed by atoms with Crippen molar-refractivity contribution in [2.45, 2.75) is 23.2 Å². The highest BCUT2D eigenvalue weighted by molar-refractivity contribution is 7.98. The molecule has 2 N–H and O–H groups in total. The van der Waals surface area contributed by atoms with E-state index in [1.807, 2.05) is 6.26 Å². The van der Waals surface area contributed by atoms with E-state index in [1.54, 1.807) is 6.92 Å². The van der Waals surface area contributed by atoms with Crippen molar-refractivity contribution < 1.29 is 22.3 Å². The molecule has 1 aromatic carbocycles. The third kappa shape index (κ3) is 4.32. The minimum absolute atomic E-state index is 0.0591. The molecule has 0 aromatic heterocycles. The van der Waals surface area contributed by atoms with Gasteiger partial charge in [-0.25, -0.2) is 8.42 Å². The molecule has 0 fully saturated rings. The average Bonchev–Trinajstić information content (AvgIpc) is 2.36. The van der Waals surface area contributed by atoms with Crippen LogP contribution in [0.2, 0.25) is 0 Å². The molecule has 0 aliphatic carbocycles. The van der Waals surface area contributed by atoms with Crippen molar-refractivity contribution in [1.82, 2.24) is 0 Å². The maximum Gasteiger partial charge on any atom is 0.341 e. The molecule has 1 rings (SSSR count). The normalized spacial score (nSPS) is 15.1. The summed E-state index contributed by atoms with van der Waals surface area (Å²) in [7, 11) is -4.67. The van der Waals surface area contributed by atoms with Gasteiger partial charge in [-0.2, -0.15) is 20.5 Å². The predicted molar refractivity (Wildman–Crippen MR) is 77.1 cm³/mol. The summed E-state index contributed by atoms with van der Waals surface area (Å²) in [6.45, 7) is 1.64. The molecule has 114 valence electrons. The van der Waals surface area contributed by atoms with E-state index in [0.717, 1.165) is 6.07 Å². The largest absolute Gasteiger partial charge is 0.387 e. The number of sulfone groups is 1. The van der Waals surface area contributed by atoms with Gasteiger partial charge in [-0.3, -0.25) is 0 Å². The van der Waals surface area contributed by atoms with E-state index >= 15 is 0 Å². The maximum absolute atomic E-state index is 12.6. The molecule has 0 aliphatic rings. The molecule has 0 amide bonds. The molecule has 0 heterocycles. The summed E-state index contributed by atoms with van der Waals surface area (Å²) in [6.07, 6.45) is 1.82. The van der Waals surface area contributed by atoms with Gasteiger partial charge >= 0.3 is 5.76 Å². The zero-order chi connectivity index (χ0) is 15.4. The van der Waals surface area contributed by atoms with Crippen LogP contribution in [0.3, 0.4) is 0 Å². The second kappa shape index (κ2) is 6.73. The number of nitrogens with one attached hydrogen (secondary N) is 1. The molecule has 0 aliphatic heterocycles. The molecule has 20 heavy (non-hydrogen) atoms. The second-order valence-corrected chi connectivity index (χ2v) is 7.34. The lowest BCUT2D eigenvalue weighted by Crippen LogP contribution is -2.36. The molecule has 0 saturated heterocycles. The Morgan fingerprint density at radius 2 is 2.00 bits per heavy atom. The van der Waals surface area contributed by atoms with E-state index in [9.17, 15) is 22.3 Å². The first-order valence-corrected chi connectivity index (χ1v) is 8.71. The number of benzene rings is 1. The first kappa shape index (κ1) is 17.2. The van der Waals surface area contributed by atoms with Crippen LogP contribution in [0.4, 0.5) is 14.5 Å². The van der Waals surface area contributed by atoms with Crippen LogP contribution in [0.15, 0.2) is 29.2 Å². The summed E-state index contributed by atoms with van der Waals surface area (Å²) in [5, 5.41) is 12.7. The van der Waals surface area contributed by atoms with E-state index in [0.29, 0.717) is 5.75 Å². The number of hydrogen-bond acceptors (Lipinski definition) is 5. The molecule has 0 radical (unpaired) electrons. The third-order valence-corrected chi connectivity index (χ3v) is 4.89. The van der Waals surface area contributed by atoms with Crippen molar-refractivity contribution in [3.8, 4) is 0 Å². The Balaban J connectivity index is 2.98. The van der Waals surface area contributed by atoms with Crippen LogP contribution in [0.5, 0.6) is 0 Å². The summed E-state index contributed by atoms with van der Waals surface area (Å²) in [5.74, 6) is -3.04. The number of anilines is 1. The van der Waals surface area contributed by atoms with Gasteiger partial charge in [-0.15, -0.1) is 0 Å². The fraction of sp³-hybridized carbons (Fsp3) is 0.500. The molecule has 1 aromatic rings. The van der Waals surface area contributed by atoms with Gasteiger partial charge in [-0.05, 0) is 25.3 Å². The van der Waals surface area contributed by atoms with Gasteiger partial charge in [0.05, 0.1) is 16.2 Å². The third-order valence-electron chi connectivity index (χ3n) is 2.54. The summed E-state index contributed by atoms with van der Waals surface area (Å²) in [5.41, 5.74) is -1.00. The van der Waals surface area contributed by atoms with Crippen LogP contribution in [0.25, 0.3) is 0 Å². The summed E-state index contributed by atoms with van der Waals surface area (Å²) in [6, 6.07) is 5.42. The zero-order valence-corrected chi connectivity index (χ0v) is 12.8. The van der Waals surface area contributed by atoms with Gasteiger partial charge in [0.25, 0.3) is 0 Å². The molecular weight excluding hydrogens is 308 g/mol. The standard InChI is InChI=1S/C12H17F2NO3S2/c1-12(16,8-19-2)7-15-9-5-3-4-6-10(9)20(17,18)11(13)14/h3-6,11,15-16H,7-8H2,1-2H3. The van der Waals surface area contributed by atoms with E-state index in [2.05, 4.69) is 5.32 Å². The van der Waals surface area contributed by atoms with Crippen molar-refractivity contribution >= 4 is 27.3 Å². The van der Waals surface area contributed by atoms with Gasteiger partial charge < -0.3 is 10.4 Å². The first-order chi connectivity index (χ1) is 9.20. The number of aliphatic hydroxyl groups is 1. The molecule has 1 unspecified atom stereocenters. The number of thioether (sulfide) groups is 1. The van der Waals surface area contributed by atoms with E-state index in [4.69, 9.17) is 0 Å². The number of rotatable bonds is 7. The van der Waals surface area contributed by atoms with Crippen molar-refractivity contribution in [2.75, 3.05) is 23.9 Å². The molecule has 0 saturated carbocycles. The number of halogens is 2. The van der Waals surface area contributed by atoms with E-state index < -0.39 is 26.1 Å². The fourth-order valence-corrected chi connectivity index (χ4v) is 3.24. The minimum atomic E-state index is -4.67. The van der Waals surface area contributed by atoms with Crippen molar-refractivity contribution in [2.24, 2.45) is 0 Å². The van der Waals surface area contributed by atoms with Crippen molar-refractivity contribution in [1.29, 1.82) is 0 Å². The lowest BCUT2D eigenvalue weighted by atomic mass is 10.1. The monoisotopic (exact) mass is 325 g/mol. The number of para-hydroxylation sites is 1. The van der Waals surface area contributed by atoms with Crippen LogP contribution >= 0.6 is 11.8 Å². The topological polar surface area (TPSA) is 66.4 Å². The Bertz CT molecular complexity index is 547. The highest BCUT2D eigenvalue weighted by atomic mass is 32.2. The maximum atomic E-state index is 12.6. The summed E-state index contributed by atoms with van der Waals surface area (Å²) >= 11 is 1.43. The van der Waals surface area contributed by atoms with Gasteiger partial charge in [0.2, 0.25) is 9.84 Å². The Morgan fingerprint density at radius 3 is 2.55 bits per heavy atom. The van der Waals surface area contributed by atoms with Crippen LogP contribution in [0.1, 0.15) is 6.92 Å². The predicted octanol–water partition coefficient (Wildman–Crippen LogP) is 2.21. The van der Waals surface area contributed by atoms with Crippen LogP contribution < -0.4 is 5.32 Å². The van der Waals surface area contributed by atoms with Crippen molar-refractivity contribution in [3.63, 3.8) is 0 Å². The fourth-order valence-electron chi connectivity index (χ4n) is 1.60. The lowest BCUT2D eigenvalue weighted by molar-refractivity contribution is 0.0996. The number of hydrogen-bond donors (Lipinski definition) is 2. The second-order valence-electron chi connectivity index (χ2n) is 4.59. The molecule has 4 nitrogen and oxygen atoms in total. The van der Waals surface area contributed by atoms with Crippen molar-refractivity contribution in [3.05, 3.63) is 24.3 Å². The molecule has 0 spiro atoms. The molecule has 1 atom stereocenters. The van der Waals surface area contributed by atoms with Gasteiger partial charge in [0.15, 0.2) is 0 Å². The van der Waals surface area contributed by atoms with Crippen LogP contribution in [-0.2, 0) is 9.84 Å². The molecule has 0 bridgehead atoms. The highest BCUT2D eigenvalue weighted by Crippen LogP contribution is 2.26. The summed E-state index contributed by atoms with van der Waals surface area (Å²) in [4.78, 5) is -0.463. The molecular formula is C12H17F2NO3S2. The Morgan fingerprint density at radius 1 is 1.40 bits per heavy atom. The Labute approximate surface area is 121 Å². The average molecular weight is 325 g/mol. The van der Waals surface area contributed by atoms with E-state index in [-0.39, 0.29) is 12.2 Å². The smallest absolute Gasteiger partial charge is 0.341 e. The van der Waals surface area contributed by atoms with Gasteiger partial charge in [0.1, 0.15) is 0 Å². The SMILES string of the molecule is CSCC(C)(O)CNc1ccccc1S(=O)(=O)C(F)F. The van der Waals surface area contributed by atoms with Gasteiger partial charge in [-0.1, -0.05) is 12.1 Å². The first-order valence-electron chi connectivity index (χ1n) is 5.77. The highest BCUT2D eigenvalue weighted by Gasteiger charge is 2.29. The zero-order valence-electron chi connectivity index (χ0n) is 11.1. The lowest BCUT2D eigenvalue weighted by Gasteiger charge is -2.24. The van der Waals surface area contributed by atoms with Gasteiger partial charge in [0, 0.05) is 12.3 Å². The minimum Gasteiger partial charge on any atom is -0.387 e. The number of alkyl halides is 2. The Hall–Kier alpha value is -0.860. The Kier molecular flexibility index (Phi) is 5.79.